The normalized spacial score (nSPS) is 12.2. The summed E-state index contributed by atoms with van der Waals surface area (Å²) in [4.78, 5) is 0.179. The molecular weight excluding hydrogens is 544 g/mol. The molecule has 4 aromatic rings. The van der Waals surface area contributed by atoms with Crippen LogP contribution in [-0.2, 0) is 19.7 Å². The third kappa shape index (κ3) is 6.69. The molecule has 4 aromatic carbocycles. The van der Waals surface area contributed by atoms with Crippen molar-refractivity contribution in [3.05, 3.63) is 97.1 Å². The summed E-state index contributed by atoms with van der Waals surface area (Å²) >= 11 is 0. The summed E-state index contributed by atoms with van der Waals surface area (Å²) in [5, 5.41) is 29.4. The van der Waals surface area contributed by atoms with Crippen LogP contribution in [0.4, 0.5) is 0 Å². The highest BCUT2D eigenvalue weighted by Crippen LogP contribution is 2.26. The number of rotatable bonds is 10. The number of phenols is 2. The molecule has 0 saturated carbocycles. The zero-order chi connectivity index (χ0) is 28.3. The number of aromatic hydroxyl groups is 2. The highest BCUT2D eigenvalue weighted by atomic mass is 32.2. The first-order valence-electron chi connectivity index (χ1n) is 11.6. The van der Waals surface area contributed by atoms with Gasteiger partial charge < -0.3 is 24.8 Å². The number of aliphatic hydroxyl groups is 1. The van der Waals surface area contributed by atoms with Crippen LogP contribution in [0.15, 0.2) is 117 Å². The highest BCUT2D eigenvalue weighted by molar-refractivity contribution is 7.91. The Kier molecular flexibility index (Phi) is 7.86. The van der Waals surface area contributed by atoms with Crippen LogP contribution in [0, 0.1) is 0 Å². The summed E-state index contributed by atoms with van der Waals surface area (Å²) in [6, 6.07) is 21.9. The first-order chi connectivity index (χ1) is 18.4. The van der Waals surface area contributed by atoms with Crippen molar-refractivity contribution in [2.24, 2.45) is 0 Å². The van der Waals surface area contributed by atoms with E-state index in [4.69, 9.17) is 9.47 Å². The van der Waals surface area contributed by atoms with Gasteiger partial charge in [0.1, 0.15) is 41.8 Å². The largest absolute Gasteiger partial charge is 0.508 e. The number of phenolic OH excluding ortho intramolecular Hbond substituents is 2. The Balaban J connectivity index is 1.33. The fourth-order valence-corrected chi connectivity index (χ4v) is 5.99. The van der Waals surface area contributed by atoms with Crippen molar-refractivity contribution in [2.45, 2.75) is 32.1 Å². The van der Waals surface area contributed by atoms with Crippen molar-refractivity contribution in [3.63, 3.8) is 0 Å². The second-order valence-corrected chi connectivity index (χ2v) is 12.9. The van der Waals surface area contributed by atoms with Crippen LogP contribution in [0.1, 0.15) is 6.92 Å². The molecule has 0 radical (unpaired) electrons. The van der Waals surface area contributed by atoms with Crippen molar-refractivity contribution in [1.82, 2.24) is 0 Å². The highest BCUT2D eigenvalue weighted by Gasteiger charge is 2.24. The Hall–Kier alpha value is -4.06. The van der Waals surface area contributed by atoms with E-state index in [-0.39, 0.29) is 44.3 Å². The monoisotopic (exact) mass is 570 g/mol. The number of hydrogen-bond donors (Lipinski definition) is 3. The molecule has 204 valence electrons. The van der Waals surface area contributed by atoms with Crippen LogP contribution in [0.25, 0.3) is 0 Å². The lowest BCUT2D eigenvalue weighted by atomic mass is 10.1. The summed E-state index contributed by atoms with van der Waals surface area (Å²) in [5.41, 5.74) is -1.42. The maximum atomic E-state index is 12.7. The second-order valence-electron chi connectivity index (χ2n) is 9.01. The van der Waals surface area contributed by atoms with Crippen molar-refractivity contribution in [2.75, 3.05) is 13.2 Å². The zero-order valence-corrected chi connectivity index (χ0v) is 22.4. The molecule has 3 N–H and O–H groups in total. The lowest BCUT2D eigenvalue weighted by molar-refractivity contribution is -0.0247. The van der Waals surface area contributed by atoms with Gasteiger partial charge in [-0.15, -0.1) is 0 Å². The van der Waals surface area contributed by atoms with Gasteiger partial charge in [0.15, 0.2) is 0 Å². The van der Waals surface area contributed by atoms with E-state index in [0.717, 1.165) is 0 Å². The van der Waals surface area contributed by atoms with Crippen LogP contribution in [-0.4, -0.2) is 51.0 Å². The lowest BCUT2D eigenvalue weighted by Crippen LogP contribution is -2.38. The van der Waals surface area contributed by atoms with Gasteiger partial charge in [-0.25, -0.2) is 16.8 Å². The van der Waals surface area contributed by atoms with E-state index in [0.29, 0.717) is 11.5 Å². The van der Waals surface area contributed by atoms with E-state index in [1.165, 1.54) is 104 Å². The van der Waals surface area contributed by atoms with Gasteiger partial charge in [0.25, 0.3) is 0 Å². The van der Waals surface area contributed by atoms with E-state index < -0.39 is 25.3 Å². The zero-order valence-electron chi connectivity index (χ0n) is 20.8. The topological polar surface area (TPSA) is 147 Å². The predicted octanol–water partition coefficient (Wildman–Crippen LogP) is 3.97. The average molecular weight is 571 g/mol. The lowest BCUT2D eigenvalue weighted by Gasteiger charge is -2.23. The van der Waals surface area contributed by atoms with Gasteiger partial charge in [-0.3, -0.25) is 0 Å². The summed E-state index contributed by atoms with van der Waals surface area (Å²) in [7, 11) is -7.54. The molecule has 0 spiro atoms. The Bertz CT molecular complexity index is 1500. The molecule has 0 heterocycles. The summed E-state index contributed by atoms with van der Waals surface area (Å²) in [6.07, 6.45) is 0. The minimum absolute atomic E-state index is 0.0377. The van der Waals surface area contributed by atoms with E-state index in [2.05, 4.69) is 0 Å². The maximum Gasteiger partial charge on any atom is 0.206 e. The quantitative estimate of drug-likeness (QED) is 0.258. The molecule has 0 atom stereocenters. The number of hydrogen-bond acceptors (Lipinski definition) is 9. The molecule has 0 amide bonds. The Morgan fingerprint density at radius 2 is 0.795 bits per heavy atom. The molecule has 0 aliphatic heterocycles. The summed E-state index contributed by atoms with van der Waals surface area (Å²) in [5.74, 6) is 0.598. The van der Waals surface area contributed by atoms with Crippen LogP contribution in [0.3, 0.4) is 0 Å². The molecular formula is C28H26O9S2. The van der Waals surface area contributed by atoms with Crippen molar-refractivity contribution in [1.29, 1.82) is 0 Å². The predicted molar refractivity (Wildman–Crippen MR) is 142 cm³/mol. The van der Waals surface area contributed by atoms with Crippen LogP contribution >= 0.6 is 0 Å². The second kappa shape index (κ2) is 11.0. The molecule has 0 aromatic heterocycles. The molecule has 11 heteroatoms. The third-order valence-corrected chi connectivity index (χ3v) is 9.23. The molecule has 9 nitrogen and oxygen atoms in total. The van der Waals surface area contributed by atoms with Gasteiger partial charge in [0.05, 0.1) is 19.6 Å². The van der Waals surface area contributed by atoms with Crippen molar-refractivity contribution in [3.8, 4) is 23.0 Å². The van der Waals surface area contributed by atoms with E-state index in [9.17, 15) is 32.2 Å². The first-order valence-corrected chi connectivity index (χ1v) is 14.6. The van der Waals surface area contributed by atoms with Gasteiger partial charge in [-0.05, 0) is 104 Å². The first kappa shape index (κ1) is 28.0. The fourth-order valence-electron chi connectivity index (χ4n) is 3.47. The minimum atomic E-state index is -3.77. The van der Waals surface area contributed by atoms with Crippen LogP contribution in [0.2, 0.25) is 0 Å². The molecule has 0 fully saturated rings. The Morgan fingerprint density at radius 1 is 0.538 bits per heavy atom. The number of sulfone groups is 2. The molecule has 4 rings (SSSR count). The van der Waals surface area contributed by atoms with E-state index >= 15 is 0 Å². The Labute approximate surface area is 226 Å². The molecule has 0 saturated heterocycles. The van der Waals surface area contributed by atoms with Crippen LogP contribution < -0.4 is 9.47 Å². The van der Waals surface area contributed by atoms with Crippen LogP contribution in [0.5, 0.6) is 23.0 Å². The van der Waals surface area contributed by atoms with E-state index in [1.807, 2.05) is 0 Å². The minimum Gasteiger partial charge on any atom is -0.508 e. The summed E-state index contributed by atoms with van der Waals surface area (Å²) < 4.78 is 62.2. The molecule has 39 heavy (non-hydrogen) atoms. The Morgan fingerprint density at radius 3 is 1.08 bits per heavy atom. The number of benzene rings is 4. The van der Waals surface area contributed by atoms with Gasteiger partial charge in [-0.1, -0.05) is 0 Å². The number of ether oxygens (including phenoxy) is 2. The van der Waals surface area contributed by atoms with Crippen molar-refractivity contribution >= 4 is 19.7 Å². The fraction of sp³-hybridized carbons (Fsp3) is 0.143. The standard InChI is InChI=1S/C28H26O9S2/c1-28(31,18-36-22-6-14-26(15-7-22)38(32,33)24-10-2-20(29)3-11-24)19-37-23-8-16-27(17-9-23)39(34,35)25-12-4-21(30)5-13-25/h2-17,29-31H,18-19H2,1H3. The van der Waals surface area contributed by atoms with Gasteiger partial charge in [-0.2, -0.15) is 0 Å². The molecule has 0 aliphatic rings. The van der Waals surface area contributed by atoms with Gasteiger partial charge in [0.2, 0.25) is 19.7 Å². The SMILES string of the molecule is CC(O)(COc1ccc(S(=O)(=O)c2ccc(O)cc2)cc1)COc1ccc(S(=O)(=O)c2ccc(O)cc2)cc1. The van der Waals surface area contributed by atoms with Crippen molar-refractivity contribution < 1.29 is 41.6 Å². The third-order valence-electron chi connectivity index (χ3n) is 5.66. The molecule has 0 bridgehead atoms. The average Bonchev–Trinajstić information content (AvgIpc) is 2.92. The van der Waals surface area contributed by atoms with Gasteiger partial charge >= 0.3 is 0 Å². The molecule has 0 aliphatic carbocycles. The summed E-state index contributed by atoms with van der Waals surface area (Å²) in [6.45, 7) is 1.18. The molecule has 0 unspecified atom stereocenters. The van der Waals surface area contributed by atoms with E-state index in [1.54, 1.807) is 0 Å². The van der Waals surface area contributed by atoms with Gasteiger partial charge in [0, 0.05) is 0 Å². The smallest absolute Gasteiger partial charge is 0.206 e. The maximum absolute atomic E-state index is 12.7.